The summed E-state index contributed by atoms with van der Waals surface area (Å²) in [5, 5.41) is 8.59. The first-order valence-electron chi connectivity index (χ1n) is 6.14. The summed E-state index contributed by atoms with van der Waals surface area (Å²) in [4.78, 5) is 0. The van der Waals surface area contributed by atoms with Crippen molar-refractivity contribution in [2.45, 2.75) is 25.9 Å². The molecule has 1 aromatic carbocycles. The van der Waals surface area contributed by atoms with E-state index in [1.165, 1.54) is 0 Å². The van der Waals surface area contributed by atoms with Gasteiger partial charge in [-0.05, 0) is 24.6 Å². The number of aryl methyl sites for hydroxylation is 1. The monoisotopic (exact) mass is 280 g/mol. The Morgan fingerprint density at radius 3 is 2.95 bits per heavy atom. The second-order valence-corrected chi connectivity index (χ2v) is 4.68. The van der Waals surface area contributed by atoms with E-state index in [-0.39, 0.29) is 6.04 Å². The third-order valence-electron chi connectivity index (χ3n) is 2.93. The number of hydrogen-bond donors (Lipinski definition) is 1. The zero-order valence-corrected chi connectivity index (χ0v) is 11.8. The minimum Gasteiger partial charge on any atom is -0.496 e. The summed E-state index contributed by atoms with van der Waals surface area (Å²) in [5.74, 6) is 0.709. The standard InChI is InChI=1S/C13H17ClN4O/c1-3-6-18-11(8-16-17-18)13(15)10-7-9(14)4-5-12(10)19-2/h4-5,7-8,13H,3,6,15H2,1-2H3. The SMILES string of the molecule is CCCn1nncc1C(N)c1cc(Cl)ccc1OC. The normalized spacial score (nSPS) is 12.4. The number of rotatable bonds is 5. The molecule has 1 heterocycles. The van der Waals surface area contributed by atoms with Crippen LogP contribution in [0.25, 0.3) is 0 Å². The van der Waals surface area contributed by atoms with Crippen LogP contribution in [0.3, 0.4) is 0 Å². The molecule has 0 saturated carbocycles. The maximum absolute atomic E-state index is 6.30. The molecular formula is C13H17ClN4O. The van der Waals surface area contributed by atoms with Crippen LogP contribution in [0.4, 0.5) is 0 Å². The molecule has 2 N–H and O–H groups in total. The van der Waals surface area contributed by atoms with E-state index in [4.69, 9.17) is 22.1 Å². The summed E-state index contributed by atoms with van der Waals surface area (Å²) in [7, 11) is 1.61. The molecular weight excluding hydrogens is 264 g/mol. The molecule has 1 unspecified atom stereocenters. The first kappa shape index (κ1) is 13.8. The van der Waals surface area contributed by atoms with Crippen molar-refractivity contribution in [1.82, 2.24) is 15.0 Å². The maximum Gasteiger partial charge on any atom is 0.124 e. The van der Waals surface area contributed by atoms with Gasteiger partial charge in [-0.15, -0.1) is 5.10 Å². The van der Waals surface area contributed by atoms with Crippen molar-refractivity contribution in [3.05, 3.63) is 40.7 Å². The largest absolute Gasteiger partial charge is 0.496 e. The van der Waals surface area contributed by atoms with Crippen LogP contribution in [0, 0.1) is 0 Å². The Morgan fingerprint density at radius 1 is 1.47 bits per heavy atom. The van der Waals surface area contributed by atoms with Gasteiger partial charge in [-0.2, -0.15) is 0 Å². The smallest absolute Gasteiger partial charge is 0.124 e. The van der Waals surface area contributed by atoms with Crippen molar-refractivity contribution in [1.29, 1.82) is 0 Å². The van der Waals surface area contributed by atoms with Gasteiger partial charge >= 0.3 is 0 Å². The minimum absolute atomic E-state index is 0.366. The van der Waals surface area contributed by atoms with Gasteiger partial charge in [0, 0.05) is 17.1 Å². The Bertz CT molecular complexity index is 555. The zero-order valence-electron chi connectivity index (χ0n) is 11.0. The molecule has 5 nitrogen and oxygen atoms in total. The van der Waals surface area contributed by atoms with Crippen LogP contribution in [-0.2, 0) is 6.54 Å². The van der Waals surface area contributed by atoms with Gasteiger partial charge in [0.25, 0.3) is 0 Å². The number of nitrogens with zero attached hydrogens (tertiary/aromatic N) is 3. The van der Waals surface area contributed by atoms with E-state index in [1.54, 1.807) is 19.4 Å². The molecule has 1 atom stereocenters. The lowest BCUT2D eigenvalue weighted by molar-refractivity contribution is 0.406. The van der Waals surface area contributed by atoms with Gasteiger partial charge < -0.3 is 10.5 Å². The molecule has 6 heteroatoms. The van der Waals surface area contributed by atoms with Crippen molar-refractivity contribution in [3.8, 4) is 5.75 Å². The van der Waals surface area contributed by atoms with E-state index >= 15 is 0 Å². The van der Waals surface area contributed by atoms with Crippen LogP contribution in [0.2, 0.25) is 5.02 Å². The third kappa shape index (κ3) is 2.88. The molecule has 0 aliphatic carbocycles. The summed E-state index contributed by atoms with van der Waals surface area (Å²) >= 11 is 6.03. The molecule has 19 heavy (non-hydrogen) atoms. The number of aromatic nitrogens is 3. The van der Waals surface area contributed by atoms with Crippen molar-refractivity contribution >= 4 is 11.6 Å². The highest BCUT2D eigenvalue weighted by Crippen LogP contribution is 2.30. The van der Waals surface area contributed by atoms with E-state index in [9.17, 15) is 0 Å². The summed E-state index contributed by atoms with van der Waals surface area (Å²) < 4.78 is 7.14. The van der Waals surface area contributed by atoms with Gasteiger partial charge in [0.15, 0.2) is 0 Å². The van der Waals surface area contributed by atoms with Crippen LogP contribution < -0.4 is 10.5 Å². The molecule has 2 rings (SSSR count). The lowest BCUT2D eigenvalue weighted by Crippen LogP contribution is -2.18. The Morgan fingerprint density at radius 2 is 2.26 bits per heavy atom. The predicted octanol–water partition coefficient (Wildman–Crippen LogP) is 2.40. The van der Waals surface area contributed by atoms with Crippen LogP contribution in [0.1, 0.15) is 30.6 Å². The van der Waals surface area contributed by atoms with Crippen LogP contribution in [0.5, 0.6) is 5.75 Å². The van der Waals surface area contributed by atoms with E-state index in [0.29, 0.717) is 10.8 Å². The van der Waals surface area contributed by atoms with Crippen LogP contribution >= 0.6 is 11.6 Å². The van der Waals surface area contributed by atoms with Gasteiger partial charge in [0.2, 0.25) is 0 Å². The number of halogens is 1. The topological polar surface area (TPSA) is 66.0 Å². The highest BCUT2D eigenvalue weighted by Gasteiger charge is 2.18. The van der Waals surface area contributed by atoms with E-state index in [0.717, 1.165) is 24.2 Å². The maximum atomic E-state index is 6.30. The average molecular weight is 281 g/mol. The molecule has 0 aliphatic heterocycles. The van der Waals surface area contributed by atoms with Gasteiger partial charge in [-0.3, -0.25) is 0 Å². The summed E-state index contributed by atoms with van der Waals surface area (Å²) in [6, 6.07) is 5.04. The van der Waals surface area contributed by atoms with E-state index < -0.39 is 0 Å². The number of nitrogens with two attached hydrogens (primary N) is 1. The second-order valence-electron chi connectivity index (χ2n) is 4.25. The third-order valence-corrected chi connectivity index (χ3v) is 3.16. The van der Waals surface area contributed by atoms with Gasteiger partial charge in [-0.25, -0.2) is 4.68 Å². The highest BCUT2D eigenvalue weighted by molar-refractivity contribution is 6.30. The first-order valence-corrected chi connectivity index (χ1v) is 6.52. The van der Waals surface area contributed by atoms with Crippen molar-refractivity contribution in [3.63, 3.8) is 0 Å². The molecule has 0 bridgehead atoms. The Hall–Kier alpha value is -1.59. The van der Waals surface area contributed by atoms with Crippen molar-refractivity contribution in [2.75, 3.05) is 7.11 Å². The summed E-state index contributed by atoms with van der Waals surface area (Å²) in [5.41, 5.74) is 7.98. The van der Waals surface area contributed by atoms with E-state index in [2.05, 4.69) is 17.2 Å². The zero-order chi connectivity index (χ0) is 13.8. The Balaban J connectivity index is 2.40. The molecule has 102 valence electrons. The number of ether oxygens (including phenoxy) is 1. The van der Waals surface area contributed by atoms with Crippen LogP contribution in [-0.4, -0.2) is 22.1 Å². The predicted molar refractivity (Wildman–Crippen MR) is 74.3 cm³/mol. The van der Waals surface area contributed by atoms with E-state index in [1.807, 2.05) is 16.8 Å². The quantitative estimate of drug-likeness (QED) is 0.913. The molecule has 0 spiro atoms. The fourth-order valence-corrected chi connectivity index (χ4v) is 2.18. The Labute approximate surface area is 117 Å². The molecule has 0 fully saturated rings. The molecule has 1 aromatic heterocycles. The number of benzene rings is 1. The lowest BCUT2D eigenvalue weighted by atomic mass is 10.0. The highest BCUT2D eigenvalue weighted by atomic mass is 35.5. The number of methoxy groups -OCH3 is 1. The Kier molecular flexibility index (Phi) is 4.39. The molecule has 0 radical (unpaired) electrons. The summed E-state index contributed by atoms with van der Waals surface area (Å²) in [6.45, 7) is 2.86. The van der Waals surface area contributed by atoms with Gasteiger partial charge in [-0.1, -0.05) is 23.7 Å². The minimum atomic E-state index is -0.366. The first-order chi connectivity index (χ1) is 9.17. The number of hydrogen-bond acceptors (Lipinski definition) is 4. The van der Waals surface area contributed by atoms with Gasteiger partial charge in [0.1, 0.15) is 5.75 Å². The van der Waals surface area contributed by atoms with Gasteiger partial charge in [0.05, 0.1) is 25.0 Å². The lowest BCUT2D eigenvalue weighted by Gasteiger charge is -2.16. The molecule has 2 aromatic rings. The molecule has 0 amide bonds. The van der Waals surface area contributed by atoms with Crippen molar-refractivity contribution < 1.29 is 4.74 Å². The average Bonchev–Trinajstić information content (AvgIpc) is 2.86. The fraction of sp³-hybridized carbons (Fsp3) is 0.385. The van der Waals surface area contributed by atoms with Crippen LogP contribution in [0.15, 0.2) is 24.4 Å². The fourth-order valence-electron chi connectivity index (χ4n) is 2.00. The second kappa shape index (κ2) is 6.04. The van der Waals surface area contributed by atoms with Crippen molar-refractivity contribution in [2.24, 2.45) is 5.73 Å². The molecule has 0 saturated heterocycles. The summed E-state index contributed by atoms with van der Waals surface area (Å²) in [6.07, 6.45) is 2.65. The molecule has 0 aliphatic rings.